The summed E-state index contributed by atoms with van der Waals surface area (Å²) in [5.41, 5.74) is -0.729. The summed E-state index contributed by atoms with van der Waals surface area (Å²) >= 11 is 0. The average Bonchev–Trinajstić information content (AvgIpc) is 2.34. The van der Waals surface area contributed by atoms with Gasteiger partial charge in [-0.1, -0.05) is 5.92 Å². The van der Waals surface area contributed by atoms with Crippen LogP contribution < -0.4 is 0 Å². The molecule has 0 aromatic heterocycles. The highest BCUT2D eigenvalue weighted by atomic mass is 19.4. The van der Waals surface area contributed by atoms with Crippen molar-refractivity contribution in [3.63, 3.8) is 0 Å². The molecule has 0 fully saturated rings. The first-order valence-electron chi connectivity index (χ1n) is 4.79. The molecule has 1 aromatic carbocycles. The average molecular weight is 258 g/mol. The van der Waals surface area contributed by atoms with E-state index in [9.17, 15) is 18.0 Å². The molecule has 1 aromatic rings. The number of alkyl halides is 3. The van der Waals surface area contributed by atoms with Crippen LogP contribution in [0.4, 0.5) is 13.2 Å². The Bertz CT molecular complexity index is 510. The van der Waals surface area contributed by atoms with Gasteiger partial charge in [0.05, 0.1) is 19.3 Å². The van der Waals surface area contributed by atoms with E-state index in [0.717, 1.165) is 25.3 Å². The molecule has 0 unspecified atom stereocenters. The number of ether oxygens (including phenoxy) is 1. The summed E-state index contributed by atoms with van der Waals surface area (Å²) in [6.07, 6.45) is -4.49. The lowest BCUT2D eigenvalue weighted by Crippen LogP contribution is -2.06. The van der Waals surface area contributed by atoms with Gasteiger partial charge < -0.3 is 9.84 Å². The fourth-order valence-corrected chi connectivity index (χ4v) is 1.19. The van der Waals surface area contributed by atoms with Crippen LogP contribution in [-0.2, 0) is 22.3 Å². The summed E-state index contributed by atoms with van der Waals surface area (Å²) in [4.78, 5) is 10.8. The van der Waals surface area contributed by atoms with Crippen LogP contribution in [0.25, 0.3) is 0 Å². The van der Waals surface area contributed by atoms with E-state index in [0.29, 0.717) is 0 Å². The summed E-state index contributed by atoms with van der Waals surface area (Å²) in [7, 11) is 1.14. The zero-order valence-electron chi connectivity index (χ0n) is 9.34. The lowest BCUT2D eigenvalue weighted by molar-refractivity contribution is -0.137. The molecule has 0 heterocycles. The van der Waals surface area contributed by atoms with Crippen LogP contribution >= 0.6 is 0 Å². The number of aliphatic hydroxyl groups excluding tert-OH is 1. The molecule has 0 aliphatic heterocycles. The van der Waals surface area contributed by atoms with Crippen LogP contribution in [-0.4, -0.2) is 18.2 Å². The van der Waals surface area contributed by atoms with Gasteiger partial charge in [0.2, 0.25) is 0 Å². The molecule has 0 atom stereocenters. The van der Waals surface area contributed by atoms with Crippen molar-refractivity contribution >= 4 is 5.97 Å². The van der Waals surface area contributed by atoms with Gasteiger partial charge in [0.1, 0.15) is 0 Å². The van der Waals surface area contributed by atoms with Crippen molar-refractivity contribution < 1.29 is 27.8 Å². The molecule has 0 radical (unpaired) electrons. The summed E-state index contributed by atoms with van der Waals surface area (Å²) in [6, 6.07) is 2.73. The zero-order valence-corrected chi connectivity index (χ0v) is 9.34. The Morgan fingerprint density at radius 1 is 1.44 bits per heavy atom. The second kappa shape index (κ2) is 5.56. The number of carbonyl (C=O) groups is 1. The number of carbonyl (C=O) groups excluding carboxylic acids is 1. The van der Waals surface area contributed by atoms with Crippen molar-refractivity contribution in [1.29, 1.82) is 0 Å². The van der Waals surface area contributed by atoms with Gasteiger partial charge in [-0.25, -0.2) is 4.79 Å². The molecule has 6 heteroatoms. The molecule has 3 nitrogen and oxygen atoms in total. The van der Waals surface area contributed by atoms with Gasteiger partial charge in [0.25, 0.3) is 0 Å². The van der Waals surface area contributed by atoms with Crippen LogP contribution in [0.2, 0.25) is 0 Å². The fraction of sp³-hybridized carbons (Fsp3) is 0.250. The molecule has 0 aliphatic carbocycles. The van der Waals surface area contributed by atoms with E-state index in [-0.39, 0.29) is 11.1 Å². The van der Waals surface area contributed by atoms with Crippen molar-refractivity contribution in [2.75, 3.05) is 7.11 Å². The molecular formula is C12H9F3O3. The van der Waals surface area contributed by atoms with Crippen LogP contribution in [0.1, 0.15) is 16.7 Å². The van der Waals surface area contributed by atoms with E-state index in [1.54, 1.807) is 0 Å². The number of benzene rings is 1. The first-order valence-corrected chi connectivity index (χ1v) is 4.79. The lowest BCUT2D eigenvalue weighted by atomic mass is 10.0. The SMILES string of the molecule is COC(=O)C#Cc1ccc(C(F)(F)F)cc1CO. The Balaban J connectivity index is 3.15. The van der Waals surface area contributed by atoms with E-state index < -0.39 is 24.3 Å². The third-order valence-corrected chi connectivity index (χ3v) is 2.09. The Hall–Kier alpha value is -2.00. The minimum absolute atomic E-state index is 0.00114. The van der Waals surface area contributed by atoms with Crippen LogP contribution in [0.15, 0.2) is 18.2 Å². The third-order valence-electron chi connectivity index (χ3n) is 2.09. The molecule has 1 rings (SSSR count). The smallest absolute Gasteiger partial charge is 0.416 e. The molecule has 18 heavy (non-hydrogen) atoms. The quantitative estimate of drug-likeness (QED) is 0.616. The predicted molar refractivity (Wildman–Crippen MR) is 56.3 cm³/mol. The summed E-state index contributed by atoms with van der Waals surface area (Å²) in [5.74, 6) is 3.61. The number of aliphatic hydroxyl groups is 1. The van der Waals surface area contributed by atoms with E-state index in [2.05, 4.69) is 16.6 Å². The second-order valence-electron chi connectivity index (χ2n) is 3.27. The molecule has 1 N–H and O–H groups in total. The first-order chi connectivity index (χ1) is 8.38. The molecule has 0 aliphatic rings. The Kier molecular flexibility index (Phi) is 4.34. The molecule has 0 spiro atoms. The van der Waals surface area contributed by atoms with Gasteiger partial charge in [-0.05, 0) is 23.8 Å². The monoisotopic (exact) mass is 258 g/mol. The molecule has 96 valence electrons. The molecule has 0 bridgehead atoms. The van der Waals surface area contributed by atoms with Crippen molar-refractivity contribution in [3.05, 3.63) is 34.9 Å². The van der Waals surface area contributed by atoms with Gasteiger partial charge in [-0.15, -0.1) is 0 Å². The highest BCUT2D eigenvalue weighted by Gasteiger charge is 2.30. The number of halogens is 3. The normalized spacial score (nSPS) is 10.5. The minimum atomic E-state index is -4.49. The van der Waals surface area contributed by atoms with Gasteiger partial charge in [0, 0.05) is 11.5 Å². The van der Waals surface area contributed by atoms with Crippen molar-refractivity contribution in [2.45, 2.75) is 12.8 Å². The minimum Gasteiger partial charge on any atom is -0.459 e. The molecule has 0 saturated heterocycles. The first kappa shape index (κ1) is 14.1. The largest absolute Gasteiger partial charge is 0.459 e. The van der Waals surface area contributed by atoms with E-state index in [1.807, 2.05) is 0 Å². The highest BCUT2D eigenvalue weighted by molar-refractivity contribution is 5.89. The number of hydrogen-bond acceptors (Lipinski definition) is 3. The van der Waals surface area contributed by atoms with Crippen LogP contribution in [0.3, 0.4) is 0 Å². The van der Waals surface area contributed by atoms with Crippen molar-refractivity contribution in [1.82, 2.24) is 0 Å². The maximum Gasteiger partial charge on any atom is 0.416 e. The van der Waals surface area contributed by atoms with Crippen LogP contribution in [0, 0.1) is 11.8 Å². The second-order valence-corrected chi connectivity index (χ2v) is 3.27. The van der Waals surface area contributed by atoms with Gasteiger partial charge >= 0.3 is 12.1 Å². The van der Waals surface area contributed by atoms with Crippen molar-refractivity contribution in [2.24, 2.45) is 0 Å². The van der Waals surface area contributed by atoms with Gasteiger partial charge in [-0.3, -0.25) is 0 Å². The standard InChI is InChI=1S/C12H9F3O3/c1-18-11(17)5-3-8-2-4-10(12(13,14)15)6-9(8)7-16/h2,4,6,16H,7H2,1H3. The Morgan fingerprint density at radius 2 is 2.11 bits per heavy atom. The Morgan fingerprint density at radius 3 is 2.61 bits per heavy atom. The maximum absolute atomic E-state index is 12.4. The molecule has 0 saturated carbocycles. The maximum atomic E-state index is 12.4. The number of rotatable bonds is 1. The summed E-state index contributed by atoms with van der Waals surface area (Å²) in [5, 5.41) is 8.98. The topological polar surface area (TPSA) is 46.5 Å². The third kappa shape index (κ3) is 3.50. The van der Waals surface area contributed by atoms with Crippen LogP contribution in [0.5, 0.6) is 0 Å². The van der Waals surface area contributed by atoms with E-state index in [4.69, 9.17) is 5.11 Å². The Labute approximate surface area is 101 Å². The summed E-state index contributed by atoms with van der Waals surface area (Å²) < 4.78 is 41.5. The van der Waals surface area contributed by atoms with E-state index in [1.165, 1.54) is 0 Å². The number of esters is 1. The van der Waals surface area contributed by atoms with E-state index >= 15 is 0 Å². The number of methoxy groups -OCH3 is 1. The predicted octanol–water partition coefficient (Wildman–Crippen LogP) is 1.72. The summed E-state index contributed by atoms with van der Waals surface area (Å²) in [6.45, 7) is -0.602. The highest BCUT2D eigenvalue weighted by Crippen LogP contribution is 2.30. The lowest BCUT2D eigenvalue weighted by Gasteiger charge is -2.09. The van der Waals surface area contributed by atoms with Gasteiger partial charge in [-0.2, -0.15) is 13.2 Å². The van der Waals surface area contributed by atoms with Gasteiger partial charge in [0.15, 0.2) is 0 Å². The zero-order chi connectivity index (χ0) is 13.8. The molecular weight excluding hydrogens is 249 g/mol. The van der Waals surface area contributed by atoms with Crippen molar-refractivity contribution in [3.8, 4) is 11.8 Å². The molecule has 0 amide bonds. The number of hydrogen-bond donors (Lipinski definition) is 1. The fourth-order valence-electron chi connectivity index (χ4n) is 1.19.